The largest absolute Gasteiger partial charge is 0.341 e. The lowest BCUT2D eigenvalue weighted by atomic mass is 9.83. The summed E-state index contributed by atoms with van der Waals surface area (Å²) in [6.45, 7) is 1.83. The zero-order valence-corrected chi connectivity index (χ0v) is 12.2. The number of likely N-dealkylation sites (N-methyl/N-ethyl adjacent to an activating group) is 1. The van der Waals surface area contributed by atoms with E-state index in [0.717, 1.165) is 19.5 Å². The fourth-order valence-electron chi connectivity index (χ4n) is 4.49. The summed E-state index contributed by atoms with van der Waals surface area (Å²) < 4.78 is 0. The van der Waals surface area contributed by atoms with Crippen molar-refractivity contribution < 1.29 is 4.79 Å². The number of amides is 1. The summed E-state index contributed by atoms with van der Waals surface area (Å²) in [6.07, 6.45) is 6.00. The van der Waals surface area contributed by atoms with E-state index >= 15 is 0 Å². The van der Waals surface area contributed by atoms with Gasteiger partial charge >= 0.3 is 0 Å². The molecular formula is C15H27N3O. The zero-order chi connectivity index (χ0) is 13.6. The maximum absolute atomic E-state index is 12.8. The number of carbonyl (C=O) groups is 1. The van der Waals surface area contributed by atoms with Gasteiger partial charge in [0.25, 0.3) is 0 Å². The van der Waals surface area contributed by atoms with Crippen molar-refractivity contribution in [3.05, 3.63) is 0 Å². The summed E-state index contributed by atoms with van der Waals surface area (Å²) in [5.74, 6) is 1.67. The third kappa shape index (κ3) is 2.29. The molecule has 5 atom stereocenters. The number of nitrogens with zero attached hydrogens (tertiary/aromatic N) is 2. The van der Waals surface area contributed by atoms with Crippen molar-refractivity contribution in [2.45, 2.75) is 44.2 Å². The molecule has 0 spiro atoms. The van der Waals surface area contributed by atoms with Crippen molar-refractivity contribution in [2.24, 2.45) is 23.5 Å². The van der Waals surface area contributed by atoms with Gasteiger partial charge in [-0.2, -0.15) is 0 Å². The zero-order valence-electron chi connectivity index (χ0n) is 12.2. The van der Waals surface area contributed by atoms with E-state index in [-0.39, 0.29) is 12.0 Å². The van der Waals surface area contributed by atoms with E-state index in [0.29, 0.717) is 23.8 Å². The molecule has 3 fully saturated rings. The summed E-state index contributed by atoms with van der Waals surface area (Å²) >= 11 is 0. The molecule has 2 aliphatic carbocycles. The van der Waals surface area contributed by atoms with Gasteiger partial charge < -0.3 is 15.5 Å². The molecule has 2 N–H and O–H groups in total. The lowest BCUT2D eigenvalue weighted by Crippen LogP contribution is -2.53. The van der Waals surface area contributed by atoms with Gasteiger partial charge in [-0.3, -0.25) is 4.79 Å². The Morgan fingerprint density at radius 3 is 2.58 bits per heavy atom. The second-order valence-corrected chi connectivity index (χ2v) is 6.98. The summed E-state index contributed by atoms with van der Waals surface area (Å²) in [7, 11) is 4.23. The molecule has 1 amide bonds. The Morgan fingerprint density at radius 1 is 1.21 bits per heavy atom. The van der Waals surface area contributed by atoms with E-state index < -0.39 is 0 Å². The first-order valence-electron chi connectivity index (χ1n) is 7.78. The summed E-state index contributed by atoms with van der Waals surface area (Å²) in [6, 6.07) is 0.651. The van der Waals surface area contributed by atoms with Crippen LogP contribution >= 0.6 is 0 Å². The fraction of sp³-hybridized carbons (Fsp3) is 0.933. The van der Waals surface area contributed by atoms with E-state index in [1.54, 1.807) is 0 Å². The highest BCUT2D eigenvalue weighted by Gasteiger charge is 2.50. The van der Waals surface area contributed by atoms with Gasteiger partial charge in [0.05, 0.1) is 5.92 Å². The van der Waals surface area contributed by atoms with E-state index in [4.69, 9.17) is 5.73 Å². The molecule has 3 aliphatic rings. The van der Waals surface area contributed by atoms with Crippen LogP contribution in [0.2, 0.25) is 0 Å². The number of hydrogen-bond acceptors (Lipinski definition) is 3. The van der Waals surface area contributed by atoms with Gasteiger partial charge in [-0.15, -0.1) is 0 Å². The second-order valence-electron chi connectivity index (χ2n) is 6.98. The maximum Gasteiger partial charge on any atom is 0.227 e. The third-order valence-corrected chi connectivity index (χ3v) is 5.70. The number of nitrogens with two attached hydrogens (primary N) is 1. The van der Waals surface area contributed by atoms with E-state index in [9.17, 15) is 4.79 Å². The lowest BCUT2D eigenvalue weighted by Gasteiger charge is -2.39. The maximum atomic E-state index is 12.8. The first kappa shape index (κ1) is 13.4. The van der Waals surface area contributed by atoms with Crippen molar-refractivity contribution in [3.8, 4) is 0 Å². The monoisotopic (exact) mass is 265 g/mol. The van der Waals surface area contributed by atoms with Crippen LogP contribution in [-0.4, -0.2) is 55.0 Å². The van der Waals surface area contributed by atoms with Gasteiger partial charge in [-0.25, -0.2) is 0 Å². The van der Waals surface area contributed by atoms with Gasteiger partial charge in [0.1, 0.15) is 0 Å². The average molecular weight is 265 g/mol. The Bertz CT molecular complexity index is 355. The molecule has 0 radical (unpaired) electrons. The van der Waals surface area contributed by atoms with E-state index in [1.807, 2.05) is 0 Å². The fourth-order valence-corrected chi connectivity index (χ4v) is 4.49. The molecule has 4 heteroatoms. The molecule has 0 aromatic rings. The Morgan fingerprint density at radius 2 is 1.95 bits per heavy atom. The quantitative estimate of drug-likeness (QED) is 0.807. The van der Waals surface area contributed by atoms with Crippen LogP contribution in [0.1, 0.15) is 32.1 Å². The van der Waals surface area contributed by atoms with Crippen LogP contribution < -0.4 is 5.73 Å². The molecule has 0 aromatic heterocycles. The van der Waals surface area contributed by atoms with Crippen LogP contribution in [0, 0.1) is 17.8 Å². The van der Waals surface area contributed by atoms with Crippen LogP contribution in [-0.2, 0) is 4.79 Å². The average Bonchev–Trinajstić information content (AvgIpc) is 2.99. The molecule has 1 saturated heterocycles. The van der Waals surface area contributed by atoms with Gasteiger partial charge in [-0.05, 0) is 58.0 Å². The number of hydrogen-bond donors (Lipinski definition) is 1. The Hall–Kier alpha value is -0.610. The smallest absolute Gasteiger partial charge is 0.227 e. The predicted molar refractivity (Wildman–Crippen MR) is 75.6 cm³/mol. The van der Waals surface area contributed by atoms with Gasteiger partial charge in [0.15, 0.2) is 0 Å². The standard InChI is InChI=1S/C15H27N3O/c1-17(2)12-4-3-7-18(9-12)15(19)13-10-5-6-11(8-10)14(13)16/h10-14H,3-9,16H2,1-2H3. The molecule has 3 rings (SSSR count). The number of piperidine rings is 1. The Labute approximate surface area is 116 Å². The summed E-state index contributed by atoms with van der Waals surface area (Å²) in [4.78, 5) is 17.1. The highest BCUT2D eigenvalue weighted by atomic mass is 16.2. The van der Waals surface area contributed by atoms with Crippen LogP contribution in [0.5, 0.6) is 0 Å². The normalized spacial score (nSPS) is 42.1. The Kier molecular flexibility index (Phi) is 3.56. The predicted octanol–water partition coefficient (Wildman–Crippen LogP) is 0.912. The number of carbonyl (C=O) groups excluding carboxylic acids is 1. The topological polar surface area (TPSA) is 49.6 Å². The molecule has 2 saturated carbocycles. The Balaban J connectivity index is 1.67. The summed E-state index contributed by atoms with van der Waals surface area (Å²) in [5, 5.41) is 0. The molecular weight excluding hydrogens is 238 g/mol. The third-order valence-electron chi connectivity index (χ3n) is 5.70. The first-order chi connectivity index (χ1) is 9.08. The molecule has 108 valence electrons. The molecule has 5 unspecified atom stereocenters. The number of rotatable bonds is 2. The SMILES string of the molecule is CN(C)C1CCCN(C(=O)C2C3CCC(C3)C2N)C1. The number of likely N-dealkylation sites (tertiary alicyclic amines) is 1. The van der Waals surface area contributed by atoms with Crippen LogP contribution in [0.3, 0.4) is 0 Å². The molecule has 1 aliphatic heterocycles. The molecule has 19 heavy (non-hydrogen) atoms. The second kappa shape index (κ2) is 5.06. The van der Waals surface area contributed by atoms with Gasteiger partial charge in [-0.1, -0.05) is 0 Å². The van der Waals surface area contributed by atoms with Crippen molar-refractivity contribution in [3.63, 3.8) is 0 Å². The van der Waals surface area contributed by atoms with Crippen molar-refractivity contribution in [1.82, 2.24) is 9.80 Å². The highest BCUT2D eigenvalue weighted by Crippen LogP contribution is 2.48. The minimum Gasteiger partial charge on any atom is -0.341 e. The van der Waals surface area contributed by atoms with Gasteiger partial charge in [0, 0.05) is 25.2 Å². The molecule has 1 heterocycles. The molecule has 2 bridgehead atoms. The van der Waals surface area contributed by atoms with Gasteiger partial charge in [0.2, 0.25) is 5.91 Å². The minimum absolute atomic E-state index is 0.125. The molecule has 0 aromatic carbocycles. The van der Waals surface area contributed by atoms with Crippen molar-refractivity contribution in [1.29, 1.82) is 0 Å². The van der Waals surface area contributed by atoms with Crippen molar-refractivity contribution >= 4 is 5.91 Å². The first-order valence-corrected chi connectivity index (χ1v) is 7.78. The van der Waals surface area contributed by atoms with Crippen LogP contribution in [0.15, 0.2) is 0 Å². The van der Waals surface area contributed by atoms with E-state index in [2.05, 4.69) is 23.9 Å². The van der Waals surface area contributed by atoms with Crippen LogP contribution in [0.4, 0.5) is 0 Å². The summed E-state index contributed by atoms with van der Waals surface area (Å²) in [5.41, 5.74) is 6.31. The molecule has 4 nitrogen and oxygen atoms in total. The van der Waals surface area contributed by atoms with Crippen LogP contribution in [0.25, 0.3) is 0 Å². The minimum atomic E-state index is 0.125. The van der Waals surface area contributed by atoms with E-state index in [1.165, 1.54) is 25.7 Å². The highest BCUT2D eigenvalue weighted by molar-refractivity contribution is 5.80. The lowest BCUT2D eigenvalue weighted by molar-refractivity contribution is -0.139. The van der Waals surface area contributed by atoms with Crippen molar-refractivity contribution in [2.75, 3.05) is 27.2 Å². The number of fused-ring (bicyclic) bond motifs is 2.